The van der Waals surface area contributed by atoms with Gasteiger partial charge in [0.25, 0.3) is 0 Å². The second-order valence-corrected chi connectivity index (χ2v) is 11.5. The number of hydrogen-bond donors (Lipinski definition) is 1. The van der Waals surface area contributed by atoms with Gasteiger partial charge in [0.2, 0.25) is 0 Å². The van der Waals surface area contributed by atoms with Gasteiger partial charge in [0.15, 0.2) is 0 Å². The van der Waals surface area contributed by atoms with E-state index in [2.05, 4.69) is 0 Å². The van der Waals surface area contributed by atoms with Gasteiger partial charge >= 0.3 is 73.7 Å². The molecule has 0 fully saturated rings. The maximum absolute atomic E-state index is 10.5. The minimum absolute atomic E-state index is 0.641. The molecule has 0 saturated carbocycles. The topological polar surface area (TPSA) is 63.6 Å². The molecular weight excluding hydrogens is 199 g/mol. The Labute approximate surface area is 74.3 Å². The Hall–Kier alpha value is 0.300. The molecule has 0 radical (unpaired) electrons. The molecule has 0 aromatic carbocycles. The molecule has 0 aromatic heterocycles. The van der Waals surface area contributed by atoms with Crippen LogP contribution >= 0.6 is 6.83 Å². The summed E-state index contributed by atoms with van der Waals surface area (Å²) in [6.45, 7) is 4.68. The Morgan fingerprint density at radius 3 is 1.67 bits per heavy atom. The zero-order valence-corrected chi connectivity index (χ0v) is 9.65. The van der Waals surface area contributed by atoms with E-state index in [9.17, 15) is 8.42 Å². The fraction of sp³-hybridized carbons (Fsp3) is 1.00. The average Bonchev–Trinajstić information content (AvgIpc) is 1.85. The molecule has 76 valence electrons. The van der Waals surface area contributed by atoms with Gasteiger partial charge < -0.3 is 0 Å². The van der Waals surface area contributed by atoms with Crippen LogP contribution in [0, 0.1) is 0 Å². The first-order valence-corrected chi connectivity index (χ1v) is 8.59. The molecule has 6 heteroatoms. The van der Waals surface area contributed by atoms with Gasteiger partial charge in [-0.15, -0.1) is 0 Å². The van der Waals surface area contributed by atoms with E-state index in [0.29, 0.717) is 12.3 Å². The van der Waals surface area contributed by atoms with Crippen molar-refractivity contribution < 1.29 is 16.9 Å². The van der Waals surface area contributed by atoms with E-state index in [0.717, 1.165) is 0 Å². The van der Waals surface area contributed by atoms with Gasteiger partial charge in [-0.25, -0.2) is 0 Å². The Morgan fingerprint density at radius 2 is 1.58 bits per heavy atom. The molecule has 0 aliphatic heterocycles. The van der Waals surface area contributed by atoms with E-state index in [4.69, 9.17) is 8.52 Å². The van der Waals surface area contributed by atoms with Gasteiger partial charge in [0.05, 0.1) is 0 Å². The summed E-state index contributed by atoms with van der Waals surface area (Å²) < 4.78 is 34.4. The van der Waals surface area contributed by atoms with Crippen molar-refractivity contribution in [1.82, 2.24) is 0 Å². The quantitative estimate of drug-likeness (QED) is 0.572. The average molecular weight is 216 g/mol. The van der Waals surface area contributed by atoms with Crippen molar-refractivity contribution in [3.8, 4) is 0 Å². The van der Waals surface area contributed by atoms with E-state index in [1.165, 1.54) is 0 Å². The van der Waals surface area contributed by atoms with Crippen molar-refractivity contribution in [3.05, 3.63) is 0 Å². The van der Waals surface area contributed by atoms with Crippen LogP contribution in [0.4, 0.5) is 0 Å². The van der Waals surface area contributed by atoms with Crippen LogP contribution < -0.4 is 0 Å². The van der Waals surface area contributed by atoms with Crippen LogP contribution in [0.3, 0.4) is 0 Å². The third-order valence-electron chi connectivity index (χ3n) is 2.32. The standard InChI is InChI=1S/C6H17O4PS/c1-5-11(3,4,6-2)10-12(7,8)9/h5-6H2,1-4H3,(H,7,8,9). The second-order valence-electron chi connectivity index (χ2n) is 3.69. The van der Waals surface area contributed by atoms with E-state index in [-0.39, 0.29) is 0 Å². The number of hydrogen-bond acceptors (Lipinski definition) is 3. The van der Waals surface area contributed by atoms with Gasteiger partial charge in [-0.3, -0.25) is 0 Å². The molecule has 4 nitrogen and oxygen atoms in total. The second kappa shape index (κ2) is 3.22. The molecule has 0 aromatic rings. The van der Waals surface area contributed by atoms with Crippen LogP contribution in [0.25, 0.3) is 0 Å². The van der Waals surface area contributed by atoms with Crippen molar-refractivity contribution >= 4 is 17.2 Å². The normalized spacial score (nSPS) is 16.9. The van der Waals surface area contributed by atoms with E-state index in [1.54, 1.807) is 13.3 Å². The SMILES string of the molecule is CCP(C)(C)(CC)OS(=O)(=O)O. The molecule has 0 atom stereocenters. The monoisotopic (exact) mass is 216 g/mol. The van der Waals surface area contributed by atoms with E-state index in [1.807, 2.05) is 13.8 Å². The first kappa shape index (κ1) is 12.3. The molecule has 1 N–H and O–H groups in total. The van der Waals surface area contributed by atoms with Crippen LogP contribution in [0.5, 0.6) is 0 Å². The summed E-state index contributed by atoms with van der Waals surface area (Å²) in [4.78, 5) is 0. The fourth-order valence-electron chi connectivity index (χ4n) is 0.651. The molecule has 0 heterocycles. The Balaban J connectivity index is 4.81. The minimum atomic E-state index is -4.31. The van der Waals surface area contributed by atoms with Gasteiger partial charge in [-0.1, -0.05) is 0 Å². The first-order valence-electron chi connectivity index (χ1n) is 3.81. The summed E-state index contributed by atoms with van der Waals surface area (Å²) in [5.74, 6) is 0. The predicted octanol–water partition coefficient (Wildman–Crippen LogP) is 1.57. The number of rotatable bonds is 4. The van der Waals surface area contributed by atoms with Crippen molar-refractivity contribution in [2.75, 3.05) is 25.7 Å². The first-order chi connectivity index (χ1) is 5.11. The molecule has 0 aliphatic rings. The third-order valence-corrected chi connectivity index (χ3v) is 9.05. The Kier molecular flexibility index (Phi) is 3.30. The molecule has 0 unspecified atom stereocenters. The summed E-state index contributed by atoms with van der Waals surface area (Å²) in [6, 6.07) is 0. The van der Waals surface area contributed by atoms with Gasteiger partial charge in [0, 0.05) is 0 Å². The van der Waals surface area contributed by atoms with Crippen molar-refractivity contribution in [2.24, 2.45) is 0 Å². The Morgan fingerprint density at radius 1 is 1.25 bits per heavy atom. The molecule has 0 amide bonds. The van der Waals surface area contributed by atoms with Crippen LogP contribution in [0.1, 0.15) is 13.8 Å². The Bertz CT molecular complexity index is 249. The van der Waals surface area contributed by atoms with Crippen molar-refractivity contribution in [2.45, 2.75) is 13.8 Å². The molecular formula is C6H17O4PS. The molecule has 0 saturated heterocycles. The van der Waals surface area contributed by atoms with Crippen LogP contribution in [-0.2, 0) is 14.4 Å². The zero-order valence-electron chi connectivity index (χ0n) is 7.94. The molecule has 0 spiro atoms. The molecule has 0 bridgehead atoms. The molecule has 0 aliphatic carbocycles. The van der Waals surface area contributed by atoms with Gasteiger partial charge in [-0.2, -0.15) is 0 Å². The van der Waals surface area contributed by atoms with Gasteiger partial charge in [0.1, 0.15) is 0 Å². The van der Waals surface area contributed by atoms with Crippen LogP contribution in [0.15, 0.2) is 0 Å². The maximum atomic E-state index is 10.5. The summed E-state index contributed by atoms with van der Waals surface area (Å²) in [7, 11) is -4.31. The van der Waals surface area contributed by atoms with Gasteiger partial charge in [-0.05, 0) is 0 Å². The van der Waals surface area contributed by atoms with Crippen molar-refractivity contribution in [3.63, 3.8) is 0 Å². The predicted molar refractivity (Wildman–Crippen MR) is 52.5 cm³/mol. The summed E-state index contributed by atoms with van der Waals surface area (Å²) in [5, 5.41) is 0. The van der Waals surface area contributed by atoms with Crippen LogP contribution in [0.2, 0.25) is 0 Å². The van der Waals surface area contributed by atoms with E-state index < -0.39 is 17.2 Å². The van der Waals surface area contributed by atoms with Crippen LogP contribution in [-0.4, -0.2) is 38.6 Å². The molecule has 12 heavy (non-hydrogen) atoms. The summed E-state index contributed by atoms with van der Waals surface area (Å²) in [5.41, 5.74) is 0. The summed E-state index contributed by atoms with van der Waals surface area (Å²) in [6.07, 6.45) is 1.28. The van der Waals surface area contributed by atoms with E-state index >= 15 is 0 Å². The third kappa shape index (κ3) is 3.81. The van der Waals surface area contributed by atoms with Crippen molar-refractivity contribution in [1.29, 1.82) is 0 Å². The fourth-order valence-corrected chi connectivity index (χ4v) is 4.51. The summed E-state index contributed by atoms with van der Waals surface area (Å²) >= 11 is 0. The zero-order chi connectivity index (χ0) is 10.1. The molecule has 0 rings (SSSR count).